The molecule has 0 heterocycles. The third kappa shape index (κ3) is 4.20. The van der Waals surface area contributed by atoms with Crippen LogP contribution in [-0.4, -0.2) is 12.4 Å². The Balaban J connectivity index is 1.90. The second-order valence-electron chi connectivity index (χ2n) is 4.63. The zero-order valence-electron chi connectivity index (χ0n) is 11.4. The Morgan fingerprint density at radius 2 is 1.90 bits per heavy atom. The Morgan fingerprint density at radius 3 is 2.60 bits per heavy atom. The molecule has 2 nitrogen and oxygen atoms in total. The maximum Gasteiger partial charge on any atom is 0.163 e. The Morgan fingerprint density at radius 1 is 1.15 bits per heavy atom. The minimum absolute atomic E-state index is 0.0179. The van der Waals surface area contributed by atoms with Gasteiger partial charge in [0.05, 0.1) is 12.2 Å². The van der Waals surface area contributed by atoms with E-state index in [2.05, 4.69) is 28.1 Å². The molecule has 0 radical (unpaired) electrons. The Bertz CT molecular complexity index is 579. The molecule has 104 valence electrons. The molecule has 0 aliphatic carbocycles. The monoisotopic (exact) mass is 332 g/mol. The lowest BCUT2D eigenvalue weighted by atomic mass is 10.1. The van der Waals surface area contributed by atoms with Gasteiger partial charge in [0.15, 0.2) is 5.78 Å². The lowest BCUT2D eigenvalue weighted by molar-refractivity contribution is 0.101. The van der Waals surface area contributed by atoms with E-state index in [4.69, 9.17) is 4.74 Å². The average Bonchev–Trinajstić information content (AvgIpc) is 2.45. The van der Waals surface area contributed by atoms with E-state index in [0.717, 1.165) is 17.3 Å². The van der Waals surface area contributed by atoms with Gasteiger partial charge in [-0.25, -0.2) is 0 Å². The molecule has 0 N–H and O–H groups in total. The maximum absolute atomic E-state index is 11.6. The quantitative estimate of drug-likeness (QED) is 0.567. The van der Waals surface area contributed by atoms with Crippen molar-refractivity contribution in [2.24, 2.45) is 0 Å². The van der Waals surface area contributed by atoms with Crippen molar-refractivity contribution in [1.82, 2.24) is 0 Å². The number of ether oxygens (including phenoxy) is 1. The fraction of sp³-hybridized carbons (Fsp3) is 0.235. The maximum atomic E-state index is 11.6. The van der Waals surface area contributed by atoms with Crippen molar-refractivity contribution in [3.8, 4) is 5.75 Å². The first-order chi connectivity index (χ1) is 9.66. The molecule has 0 saturated carbocycles. The lowest BCUT2D eigenvalue weighted by Gasteiger charge is -2.10. The standard InChI is InChI=1S/C17H17BrO2/c1-13(19)16-12-15(18)9-10-17(16)20-11-5-8-14-6-3-2-4-7-14/h2-4,6-7,9-10,12H,5,8,11H2,1H3. The number of halogens is 1. The number of carbonyl (C=O) groups excluding carboxylic acids is 1. The van der Waals surface area contributed by atoms with Gasteiger partial charge in [-0.2, -0.15) is 0 Å². The molecule has 20 heavy (non-hydrogen) atoms. The summed E-state index contributed by atoms with van der Waals surface area (Å²) in [6, 6.07) is 15.8. The van der Waals surface area contributed by atoms with Gasteiger partial charge in [-0.3, -0.25) is 4.79 Å². The summed E-state index contributed by atoms with van der Waals surface area (Å²) in [5.41, 5.74) is 1.93. The van der Waals surface area contributed by atoms with Gasteiger partial charge in [-0.15, -0.1) is 0 Å². The Hall–Kier alpha value is -1.61. The molecule has 0 bridgehead atoms. The number of hydrogen-bond donors (Lipinski definition) is 0. The van der Waals surface area contributed by atoms with Crippen molar-refractivity contribution in [3.63, 3.8) is 0 Å². The van der Waals surface area contributed by atoms with E-state index in [1.807, 2.05) is 30.3 Å². The lowest BCUT2D eigenvalue weighted by Crippen LogP contribution is -2.04. The van der Waals surface area contributed by atoms with E-state index in [1.165, 1.54) is 5.56 Å². The first-order valence-corrected chi connectivity index (χ1v) is 7.43. The third-order valence-corrected chi connectivity index (χ3v) is 3.52. The molecule has 0 aromatic heterocycles. The fourth-order valence-electron chi connectivity index (χ4n) is 2.01. The largest absolute Gasteiger partial charge is 0.493 e. The van der Waals surface area contributed by atoms with Gasteiger partial charge >= 0.3 is 0 Å². The molecule has 0 fully saturated rings. The highest BCUT2D eigenvalue weighted by molar-refractivity contribution is 9.10. The topological polar surface area (TPSA) is 26.3 Å². The van der Waals surface area contributed by atoms with Gasteiger partial charge in [0.2, 0.25) is 0 Å². The van der Waals surface area contributed by atoms with Crippen LogP contribution in [0.3, 0.4) is 0 Å². The highest BCUT2D eigenvalue weighted by atomic mass is 79.9. The molecule has 0 saturated heterocycles. The summed E-state index contributed by atoms with van der Waals surface area (Å²) in [6.45, 7) is 2.16. The van der Waals surface area contributed by atoms with Crippen LogP contribution in [0.1, 0.15) is 29.3 Å². The van der Waals surface area contributed by atoms with Gasteiger partial charge < -0.3 is 4.74 Å². The zero-order chi connectivity index (χ0) is 14.4. The van der Waals surface area contributed by atoms with Crippen LogP contribution in [0.5, 0.6) is 5.75 Å². The normalized spacial score (nSPS) is 10.3. The highest BCUT2D eigenvalue weighted by Gasteiger charge is 2.08. The molecule has 0 spiro atoms. The van der Waals surface area contributed by atoms with Crippen molar-refractivity contribution in [2.75, 3.05) is 6.61 Å². The second-order valence-corrected chi connectivity index (χ2v) is 5.55. The van der Waals surface area contributed by atoms with E-state index < -0.39 is 0 Å². The zero-order valence-corrected chi connectivity index (χ0v) is 13.0. The predicted molar refractivity (Wildman–Crippen MR) is 84.4 cm³/mol. The minimum Gasteiger partial charge on any atom is -0.493 e. The summed E-state index contributed by atoms with van der Waals surface area (Å²) < 4.78 is 6.62. The third-order valence-electron chi connectivity index (χ3n) is 3.03. The molecule has 0 aliphatic heterocycles. The highest BCUT2D eigenvalue weighted by Crippen LogP contribution is 2.24. The summed E-state index contributed by atoms with van der Waals surface area (Å²) in [7, 11) is 0. The molecule has 2 aromatic rings. The Kier molecular flexibility index (Phi) is 5.36. The van der Waals surface area contributed by atoms with Crippen LogP contribution in [0.25, 0.3) is 0 Å². The number of aryl methyl sites for hydroxylation is 1. The van der Waals surface area contributed by atoms with Crippen molar-refractivity contribution in [2.45, 2.75) is 19.8 Å². The van der Waals surface area contributed by atoms with Crippen molar-refractivity contribution in [3.05, 3.63) is 64.1 Å². The predicted octanol–water partition coefficient (Wildman–Crippen LogP) is 4.66. The van der Waals surface area contributed by atoms with Gasteiger partial charge in [0.1, 0.15) is 5.75 Å². The Labute approximate surface area is 127 Å². The van der Waals surface area contributed by atoms with Crippen molar-refractivity contribution in [1.29, 1.82) is 0 Å². The van der Waals surface area contributed by atoms with Gasteiger partial charge in [-0.1, -0.05) is 46.3 Å². The minimum atomic E-state index is 0.0179. The molecule has 2 rings (SSSR count). The van der Waals surface area contributed by atoms with Crippen LogP contribution in [-0.2, 0) is 6.42 Å². The van der Waals surface area contributed by atoms with Crippen molar-refractivity contribution < 1.29 is 9.53 Å². The molecule has 0 unspecified atom stereocenters. The van der Waals surface area contributed by atoms with Crippen LogP contribution in [0.15, 0.2) is 53.0 Å². The van der Waals surface area contributed by atoms with Crippen LogP contribution in [0, 0.1) is 0 Å². The van der Waals surface area contributed by atoms with E-state index in [0.29, 0.717) is 17.9 Å². The molecular weight excluding hydrogens is 316 g/mol. The van der Waals surface area contributed by atoms with E-state index >= 15 is 0 Å². The summed E-state index contributed by atoms with van der Waals surface area (Å²) in [5, 5.41) is 0. The first-order valence-electron chi connectivity index (χ1n) is 6.64. The number of Topliss-reactive ketones (excluding diaryl/α,β-unsaturated/α-hetero) is 1. The van der Waals surface area contributed by atoms with Gasteiger partial charge in [-0.05, 0) is 43.5 Å². The molecule has 0 amide bonds. The fourth-order valence-corrected chi connectivity index (χ4v) is 2.37. The molecule has 2 aromatic carbocycles. The number of ketones is 1. The summed E-state index contributed by atoms with van der Waals surface area (Å²) in [4.78, 5) is 11.6. The number of benzene rings is 2. The van der Waals surface area contributed by atoms with Gasteiger partial charge in [0, 0.05) is 4.47 Å². The smallest absolute Gasteiger partial charge is 0.163 e. The molecule has 3 heteroatoms. The number of hydrogen-bond acceptors (Lipinski definition) is 2. The number of rotatable bonds is 6. The average molecular weight is 333 g/mol. The summed E-state index contributed by atoms with van der Waals surface area (Å²) >= 11 is 3.37. The molecule has 0 aliphatic rings. The van der Waals surface area contributed by atoms with E-state index in [9.17, 15) is 4.79 Å². The second kappa shape index (κ2) is 7.25. The van der Waals surface area contributed by atoms with E-state index in [1.54, 1.807) is 13.0 Å². The van der Waals surface area contributed by atoms with Crippen LogP contribution in [0.2, 0.25) is 0 Å². The summed E-state index contributed by atoms with van der Waals surface area (Å²) in [5.74, 6) is 0.679. The van der Waals surface area contributed by atoms with Crippen LogP contribution < -0.4 is 4.74 Å². The van der Waals surface area contributed by atoms with Gasteiger partial charge in [0.25, 0.3) is 0 Å². The molecular formula is C17H17BrO2. The summed E-state index contributed by atoms with van der Waals surface area (Å²) in [6.07, 6.45) is 1.91. The van der Waals surface area contributed by atoms with Crippen LogP contribution >= 0.6 is 15.9 Å². The SMILES string of the molecule is CC(=O)c1cc(Br)ccc1OCCCc1ccccc1. The molecule has 0 atom stereocenters. The first kappa shape index (κ1) is 14.8. The van der Waals surface area contributed by atoms with E-state index in [-0.39, 0.29) is 5.78 Å². The van der Waals surface area contributed by atoms with Crippen LogP contribution in [0.4, 0.5) is 0 Å². The van der Waals surface area contributed by atoms with Crippen molar-refractivity contribution >= 4 is 21.7 Å². The number of carbonyl (C=O) groups is 1.